The van der Waals surface area contributed by atoms with E-state index in [1.54, 1.807) is 30.3 Å². The molecule has 1 heterocycles. The number of aliphatic hydroxyl groups is 2. The van der Waals surface area contributed by atoms with Gasteiger partial charge < -0.3 is 19.7 Å². The number of carbonyl (C=O) groups excluding carboxylic acids is 1. The fourth-order valence-electron chi connectivity index (χ4n) is 1.94. The summed E-state index contributed by atoms with van der Waals surface area (Å²) in [6.07, 6.45) is -3.70. The maximum atomic E-state index is 12.0. The predicted octanol–water partition coefficient (Wildman–Crippen LogP) is 1.45. The largest absolute Gasteiger partial charge is 0.453 e. The monoisotopic (exact) mass is 408 g/mol. The van der Waals surface area contributed by atoms with E-state index in [0.29, 0.717) is 10.9 Å². The van der Waals surface area contributed by atoms with Crippen molar-refractivity contribution in [1.82, 2.24) is 0 Å². The highest BCUT2D eigenvalue weighted by atomic mass is 79.9. The van der Waals surface area contributed by atoms with Gasteiger partial charge in [-0.05, 0) is 12.1 Å². The quantitative estimate of drug-likeness (QED) is 0.583. The van der Waals surface area contributed by atoms with E-state index in [0.717, 1.165) is 0 Å². The Kier molecular flexibility index (Phi) is 5.57. The molecule has 0 bridgehead atoms. The standard InChI is InChI=1S/C13H14Br2O5/c14-6-8-11(10(16)9(15)13(18)19-8)20-12(17)7-4-2-1-3-5-7/h1-5,8-11,13,16,18H,6H2. The van der Waals surface area contributed by atoms with Gasteiger partial charge in [-0.25, -0.2) is 4.79 Å². The van der Waals surface area contributed by atoms with Crippen molar-refractivity contribution in [3.63, 3.8) is 0 Å². The molecule has 0 radical (unpaired) electrons. The molecular formula is C13H14Br2O5. The van der Waals surface area contributed by atoms with Crippen LogP contribution < -0.4 is 0 Å². The average Bonchev–Trinajstić information content (AvgIpc) is 2.48. The maximum Gasteiger partial charge on any atom is 0.338 e. The predicted molar refractivity (Wildman–Crippen MR) is 79.0 cm³/mol. The van der Waals surface area contributed by atoms with Crippen molar-refractivity contribution < 1.29 is 24.5 Å². The lowest BCUT2D eigenvalue weighted by molar-refractivity contribution is -0.219. The number of aliphatic hydroxyl groups excluding tert-OH is 2. The van der Waals surface area contributed by atoms with E-state index < -0.39 is 35.4 Å². The third-order valence-electron chi connectivity index (χ3n) is 3.02. The van der Waals surface area contributed by atoms with Crippen LogP contribution in [0.1, 0.15) is 10.4 Å². The lowest BCUT2D eigenvalue weighted by atomic mass is 10.0. The number of rotatable bonds is 3. The van der Waals surface area contributed by atoms with Gasteiger partial charge in [-0.2, -0.15) is 0 Å². The van der Waals surface area contributed by atoms with Crippen LogP contribution in [0.3, 0.4) is 0 Å². The molecule has 2 N–H and O–H groups in total. The third-order valence-corrected chi connectivity index (χ3v) is 4.65. The number of hydrogen-bond acceptors (Lipinski definition) is 5. The van der Waals surface area contributed by atoms with E-state index in [2.05, 4.69) is 31.9 Å². The lowest BCUT2D eigenvalue weighted by Gasteiger charge is -2.39. The van der Waals surface area contributed by atoms with Crippen LogP contribution >= 0.6 is 31.9 Å². The van der Waals surface area contributed by atoms with Crippen molar-refractivity contribution in [2.75, 3.05) is 5.33 Å². The normalized spacial score (nSPS) is 33.7. The smallest absolute Gasteiger partial charge is 0.338 e. The summed E-state index contributed by atoms with van der Waals surface area (Å²) in [5, 5.41) is 20.1. The molecule has 1 aliphatic heterocycles. The van der Waals surface area contributed by atoms with Gasteiger partial charge in [0, 0.05) is 5.33 Å². The molecule has 0 saturated carbocycles. The molecule has 5 unspecified atom stereocenters. The fourth-order valence-corrected chi connectivity index (χ4v) is 2.88. The molecule has 5 atom stereocenters. The number of halogens is 2. The Hall–Kier alpha value is -0.470. The Morgan fingerprint density at radius 3 is 2.55 bits per heavy atom. The van der Waals surface area contributed by atoms with Gasteiger partial charge in [0.25, 0.3) is 0 Å². The summed E-state index contributed by atoms with van der Waals surface area (Å²) in [5.41, 5.74) is 0.394. The highest BCUT2D eigenvalue weighted by Crippen LogP contribution is 2.28. The first-order valence-electron chi connectivity index (χ1n) is 6.02. The van der Waals surface area contributed by atoms with Crippen LogP contribution in [-0.4, -0.2) is 50.9 Å². The van der Waals surface area contributed by atoms with Crippen molar-refractivity contribution >= 4 is 37.8 Å². The molecule has 5 nitrogen and oxygen atoms in total. The molecule has 0 amide bonds. The number of esters is 1. The molecule has 0 aliphatic carbocycles. The Labute approximate surface area is 133 Å². The van der Waals surface area contributed by atoms with E-state index >= 15 is 0 Å². The summed E-state index contributed by atoms with van der Waals surface area (Å²) in [6.45, 7) is 0. The van der Waals surface area contributed by atoms with Gasteiger partial charge in [-0.15, -0.1) is 0 Å². The van der Waals surface area contributed by atoms with Crippen molar-refractivity contribution in [3.8, 4) is 0 Å². The summed E-state index contributed by atoms with van der Waals surface area (Å²) in [6, 6.07) is 8.50. The van der Waals surface area contributed by atoms with E-state index in [9.17, 15) is 15.0 Å². The zero-order valence-corrected chi connectivity index (χ0v) is 13.5. The van der Waals surface area contributed by atoms with Crippen molar-refractivity contribution in [1.29, 1.82) is 0 Å². The van der Waals surface area contributed by atoms with Crippen molar-refractivity contribution in [2.45, 2.75) is 29.4 Å². The molecule has 1 aromatic carbocycles. The second-order valence-corrected chi connectivity index (χ2v) is 6.10. The Bertz CT molecular complexity index is 453. The number of alkyl halides is 2. The van der Waals surface area contributed by atoms with Gasteiger partial charge in [-0.3, -0.25) is 0 Å². The molecule has 20 heavy (non-hydrogen) atoms. The molecule has 0 spiro atoms. The van der Waals surface area contributed by atoms with Crippen LogP contribution in [0, 0.1) is 0 Å². The Morgan fingerprint density at radius 2 is 1.95 bits per heavy atom. The molecule has 2 rings (SSSR count). The van der Waals surface area contributed by atoms with Gasteiger partial charge >= 0.3 is 5.97 Å². The molecule has 1 aliphatic rings. The van der Waals surface area contributed by atoms with Gasteiger partial charge in [0.15, 0.2) is 12.4 Å². The average molecular weight is 410 g/mol. The van der Waals surface area contributed by atoms with E-state index in [1.807, 2.05) is 0 Å². The molecule has 1 aromatic rings. The number of carbonyl (C=O) groups is 1. The van der Waals surface area contributed by atoms with Crippen LogP contribution in [0.5, 0.6) is 0 Å². The van der Waals surface area contributed by atoms with Gasteiger partial charge in [0.2, 0.25) is 0 Å². The molecule has 1 fully saturated rings. The van der Waals surface area contributed by atoms with Crippen molar-refractivity contribution in [3.05, 3.63) is 35.9 Å². The van der Waals surface area contributed by atoms with Crippen LogP contribution in [-0.2, 0) is 9.47 Å². The SMILES string of the molecule is O=C(OC1C(CBr)OC(O)C(Br)C1O)c1ccccc1. The first-order chi connectivity index (χ1) is 9.54. The number of ether oxygens (including phenoxy) is 2. The minimum absolute atomic E-state index is 0.327. The molecule has 0 aromatic heterocycles. The second kappa shape index (κ2) is 7.00. The Balaban J connectivity index is 2.11. The molecule has 7 heteroatoms. The highest BCUT2D eigenvalue weighted by Gasteiger charge is 2.45. The summed E-state index contributed by atoms with van der Waals surface area (Å²) in [4.78, 5) is 11.3. The first kappa shape index (κ1) is 15.9. The minimum Gasteiger partial charge on any atom is -0.453 e. The first-order valence-corrected chi connectivity index (χ1v) is 8.06. The second-order valence-electron chi connectivity index (χ2n) is 4.39. The highest BCUT2D eigenvalue weighted by molar-refractivity contribution is 9.09. The van der Waals surface area contributed by atoms with E-state index in [-0.39, 0.29) is 0 Å². The maximum absolute atomic E-state index is 12.0. The summed E-state index contributed by atoms with van der Waals surface area (Å²) < 4.78 is 10.6. The van der Waals surface area contributed by atoms with Gasteiger partial charge in [-0.1, -0.05) is 50.1 Å². The van der Waals surface area contributed by atoms with Gasteiger partial charge in [0.1, 0.15) is 12.2 Å². The molecular weight excluding hydrogens is 396 g/mol. The van der Waals surface area contributed by atoms with E-state index in [1.165, 1.54) is 0 Å². The van der Waals surface area contributed by atoms with Crippen LogP contribution in [0.4, 0.5) is 0 Å². The fraction of sp³-hybridized carbons (Fsp3) is 0.462. The van der Waals surface area contributed by atoms with Crippen LogP contribution in [0.15, 0.2) is 30.3 Å². The minimum atomic E-state index is -1.15. The zero-order chi connectivity index (χ0) is 14.7. The summed E-state index contributed by atoms with van der Waals surface area (Å²) in [7, 11) is 0. The number of benzene rings is 1. The Morgan fingerprint density at radius 1 is 1.30 bits per heavy atom. The van der Waals surface area contributed by atoms with Crippen LogP contribution in [0.2, 0.25) is 0 Å². The van der Waals surface area contributed by atoms with E-state index in [4.69, 9.17) is 9.47 Å². The van der Waals surface area contributed by atoms with Crippen LogP contribution in [0.25, 0.3) is 0 Å². The molecule has 110 valence electrons. The summed E-state index contributed by atoms with van der Waals surface area (Å²) in [5.74, 6) is -0.541. The summed E-state index contributed by atoms with van der Waals surface area (Å²) >= 11 is 6.35. The zero-order valence-electron chi connectivity index (χ0n) is 10.4. The van der Waals surface area contributed by atoms with Crippen molar-refractivity contribution in [2.24, 2.45) is 0 Å². The van der Waals surface area contributed by atoms with Gasteiger partial charge in [0.05, 0.1) is 10.4 Å². The number of hydrogen-bond donors (Lipinski definition) is 2. The third kappa shape index (κ3) is 3.40. The molecule has 1 saturated heterocycles. The lowest BCUT2D eigenvalue weighted by Crippen LogP contribution is -2.57. The topological polar surface area (TPSA) is 76.0 Å².